The van der Waals surface area contributed by atoms with Crippen LogP contribution in [0.1, 0.15) is 58.3 Å². The molecule has 1 fully saturated rings. The van der Waals surface area contributed by atoms with E-state index in [4.69, 9.17) is 5.73 Å². The summed E-state index contributed by atoms with van der Waals surface area (Å²) in [5.41, 5.74) is 7.10. The molecule has 0 spiro atoms. The van der Waals surface area contributed by atoms with Crippen molar-refractivity contribution >= 4 is 0 Å². The first kappa shape index (κ1) is 15.5. The van der Waals surface area contributed by atoms with Crippen LogP contribution < -0.4 is 5.73 Å². The van der Waals surface area contributed by atoms with Crippen LogP contribution in [0.5, 0.6) is 0 Å². The lowest BCUT2D eigenvalue weighted by molar-refractivity contribution is -0.0270. The summed E-state index contributed by atoms with van der Waals surface area (Å²) >= 11 is 0. The minimum Gasteiger partial charge on any atom is -0.386 e. The van der Waals surface area contributed by atoms with E-state index in [1.807, 2.05) is 11.6 Å². The Morgan fingerprint density at radius 2 is 2.05 bits per heavy atom. The van der Waals surface area contributed by atoms with Gasteiger partial charge in [0.15, 0.2) is 0 Å². The molecular formula is C16H29N3O. The SMILES string of the molecule is Cn1cncc1C(O)C1(CN)CCC(C(C)(C)C)CC1. The largest absolute Gasteiger partial charge is 0.386 e. The predicted octanol–water partition coefficient (Wildman–Crippen LogP) is 2.63. The van der Waals surface area contributed by atoms with Crippen LogP contribution in [0.2, 0.25) is 0 Å². The Kier molecular flexibility index (Phi) is 4.26. The van der Waals surface area contributed by atoms with E-state index in [9.17, 15) is 5.11 Å². The number of nitrogens with two attached hydrogens (primary N) is 1. The van der Waals surface area contributed by atoms with E-state index in [0.29, 0.717) is 12.0 Å². The highest BCUT2D eigenvalue weighted by Gasteiger charge is 2.43. The van der Waals surface area contributed by atoms with E-state index in [1.54, 1.807) is 12.5 Å². The maximum atomic E-state index is 10.8. The van der Waals surface area contributed by atoms with E-state index in [-0.39, 0.29) is 5.41 Å². The van der Waals surface area contributed by atoms with Crippen molar-refractivity contribution in [2.45, 2.75) is 52.6 Å². The van der Waals surface area contributed by atoms with Gasteiger partial charge < -0.3 is 15.4 Å². The number of hydrogen-bond donors (Lipinski definition) is 2. The molecule has 1 saturated carbocycles. The molecule has 0 amide bonds. The first-order valence-corrected chi connectivity index (χ1v) is 7.64. The zero-order chi connectivity index (χ0) is 15.0. The van der Waals surface area contributed by atoms with Crippen LogP contribution in [0.25, 0.3) is 0 Å². The molecule has 1 unspecified atom stereocenters. The van der Waals surface area contributed by atoms with Crippen LogP contribution in [0.4, 0.5) is 0 Å². The lowest BCUT2D eigenvalue weighted by Crippen LogP contribution is -2.42. The molecule has 1 atom stereocenters. The van der Waals surface area contributed by atoms with Crippen molar-refractivity contribution in [1.29, 1.82) is 0 Å². The van der Waals surface area contributed by atoms with Gasteiger partial charge in [-0.25, -0.2) is 4.98 Å². The number of aryl methyl sites for hydroxylation is 1. The Bertz CT molecular complexity index is 439. The van der Waals surface area contributed by atoms with Crippen LogP contribution in [0, 0.1) is 16.7 Å². The highest BCUT2D eigenvalue weighted by molar-refractivity contribution is 5.09. The average Bonchev–Trinajstić information content (AvgIpc) is 2.83. The van der Waals surface area contributed by atoms with Crippen molar-refractivity contribution < 1.29 is 5.11 Å². The fourth-order valence-electron chi connectivity index (χ4n) is 3.59. The minimum absolute atomic E-state index is 0.185. The minimum atomic E-state index is -0.513. The summed E-state index contributed by atoms with van der Waals surface area (Å²) in [6, 6.07) is 0. The zero-order valence-electron chi connectivity index (χ0n) is 13.3. The van der Waals surface area contributed by atoms with Gasteiger partial charge in [0.2, 0.25) is 0 Å². The second kappa shape index (κ2) is 5.49. The molecule has 1 heterocycles. The second-order valence-electron chi connectivity index (χ2n) is 7.54. The zero-order valence-corrected chi connectivity index (χ0v) is 13.3. The Morgan fingerprint density at radius 1 is 1.45 bits per heavy atom. The monoisotopic (exact) mass is 279 g/mol. The van der Waals surface area contributed by atoms with Gasteiger partial charge in [0.25, 0.3) is 0 Å². The summed E-state index contributed by atoms with van der Waals surface area (Å²) in [6.45, 7) is 7.47. The third-order valence-electron chi connectivity index (χ3n) is 5.33. The quantitative estimate of drug-likeness (QED) is 0.894. The van der Waals surface area contributed by atoms with Gasteiger partial charge in [-0.1, -0.05) is 20.8 Å². The number of hydrogen-bond acceptors (Lipinski definition) is 3. The number of aliphatic hydroxyl groups is 1. The van der Waals surface area contributed by atoms with Crippen molar-refractivity contribution in [3.05, 3.63) is 18.2 Å². The third kappa shape index (κ3) is 2.77. The van der Waals surface area contributed by atoms with E-state index < -0.39 is 6.10 Å². The molecule has 4 heteroatoms. The average molecular weight is 279 g/mol. The molecular weight excluding hydrogens is 250 g/mol. The molecule has 1 aromatic heterocycles. The summed E-state index contributed by atoms with van der Waals surface area (Å²) < 4.78 is 1.90. The Labute approximate surface area is 122 Å². The first-order valence-electron chi connectivity index (χ1n) is 7.64. The summed E-state index contributed by atoms with van der Waals surface area (Å²) in [5, 5.41) is 10.8. The number of imidazole rings is 1. The van der Waals surface area contributed by atoms with Gasteiger partial charge in [0.1, 0.15) is 6.10 Å². The normalized spacial score (nSPS) is 29.4. The smallest absolute Gasteiger partial charge is 0.102 e. The summed E-state index contributed by atoms with van der Waals surface area (Å²) in [5.74, 6) is 0.723. The van der Waals surface area contributed by atoms with Gasteiger partial charge in [0.05, 0.1) is 18.2 Å². The molecule has 3 N–H and O–H groups in total. The molecule has 4 nitrogen and oxygen atoms in total. The van der Waals surface area contributed by atoms with E-state index in [0.717, 1.165) is 37.3 Å². The van der Waals surface area contributed by atoms with Crippen LogP contribution in [-0.2, 0) is 7.05 Å². The molecule has 2 rings (SSSR count). The van der Waals surface area contributed by atoms with E-state index in [1.165, 1.54) is 0 Å². The van der Waals surface area contributed by atoms with Crippen LogP contribution in [0.15, 0.2) is 12.5 Å². The van der Waals surface area contributed by atoms with Gasteiger partial charge in [-0.2, -0.15) is 0 Å². The standard InChI is InChI=1S/C16H29N3O/c1-15(2,3)12-5-7-16(10-17,8-6-12)14(20)13-9-18-11-19(13)4/h9,11-12,14,20H,5-8,10,17H2,1-4H3. The molecule has 0 aliphatic heterocycles. The van der Waals surface area contributed by atoms with E-state index >= 15 is 0 Å². The number of aromatic nitrogens is 2. The number of nitrogens with zero attached hydrogens (tertiary/aromatic N) is 2. The fourth-order valence-corrected chi connectivity index (χ4v) is 3.59. The third-order valence-corrected chi connectivity index (χ3v) is 5.33. The molecule has 1 aliphatic rings. The van der Waals surface area contributed by atoms with Gasteiger partial charge in [-0.15, -0.1) is 0 Å². The van der Waals surface area contributed by atoms with Crippen LogP contribution in [-0.4, -0.2) is 21.2 Å². The molecule has 0 saturated heterocycles. The highest BCUT2D eigenvalue weighted by atomic mass is 16.3. The van der Waals surface area contributed by atoms with Crippen molar-refractivity contribution in [3.8, 4) is 0 Å². The molecule has 0 aromatic carbocycles. The van der Waals surface area contributed by atoms with Crippen molar-refractivity contribution in [3.63, 3.8) is 0 Å². The van der Waals surface area contributed by atoms with Gasteiger partial charge >= 0.3 is 0 Å². The van der Waals surface area contributed by atoms with Crippen molar-refractivity contribution in [2.24, 2.45) is 29.5 Å². The first-order chi connectivity index (χ1) is 9.30. The maximum absolute atomic E-state index is 10.8. The van der Waals surface area contributed by atoms with Crippen molar-refractivity contribution in [1.82, 2.24) is 9.55 Å². The Hall–Kier alpha value is -0.870. The molecule has 1 aromatic rings. The lowest BCUT2D eigenvalue weighted by Gasteiger charge is -2.46. The Balaban J connectivity index is 2.15. The number of aliphatic hydroxyl groups excluding tert-OH is 1. The molecule has 114 valence electrons. The lowest BCUT2D eigenvalue weighted by atomic mass is 9.62. The molecule has 0 bridgehead atoms. The fraction of sp³-hybridized carbons (Fsp3) is 0.812. The summed E-state index contributed by atoms with van der Waals surface area (Å²) in [6.07, 6.45) is 7.28. The van der Waals surface area contributed by atoms with Gasteiger partial charge in [0, 0.05) is 19.0 Å². The van der Waals surface area contributed by atoms with Crippen LogP contribution in [0.3, 0.4) is 0 Å². The topological polar surface area (TPSA) is 64.1 Å². The highest BCUT2D eigenvalue weighted by Crippen LogP contribution is 2.50. The number of rotatable bonds is 3. The van der Waals surface area contributed by atoms with Crippen molar-refractivity contribution in [2.75, 3.05) is 6.54 Å². The molecule has 20 heavy (non-hydrogen) atoms. The molecule has 1 aliphatic carbocycles. The van der Waals surface area contributed by atoms with Gasteiger partial charge in [-0.3, -0.25) is 0 Å². The molecule has 0 radical (unpaired) electrons. The van der Waals surface area contributed by atoms with E-state index in [2.05, 4.69) is 25.8 Å². The summed E-state index contributed by atoms with van der Waals surface area (Å²) in [7, 11) is 1.93. The van der Waals surface area contributed by atoms with Crippen LogP contribution >= 0.6 is 0 Å². The van der Waals surface area contributed by atoms with Gasteiger partial charge in [-0.05, 0) is 37.0 Å². The maximum Gasteiger partial charge on any atom is 0.102 e. The summed E-state index contributed by atoms with van der Waals surface area (Å²) in [4.78, 5) is 4.12. The Morgan fingerprint density at radius 3 is 2.45 bits per heavy atom. The second-order valence-corrected chi connectivity index (χ2v) is 7.54. The predicted molar refractivity (Wildman–Crippen MR) is 81.1 cm³/mol.